The van der Waals surface area contributed by atoms with E-state index in [1.165, 1.54) is 5.56 Å². The molecule has 3 aromatic heterocycles. The Morgan fingerprint density at radius 1 is 1.10 bits per heavy atom. The molecule has 0 amide bonds. The van der Waals surface area contributed by atoms with Crippen LogP contribution in [0.4, 0.5) is 5.13 Å². The van der Waals surface area contributed by atoms with Gasteiger partial charge >= 0.3 is 0 Å². The summed E-state index contributed by atoms with van der Waals surface area (Å²) in [5, 5.41) is 8.95. The lowest BCUT2D eigenvalue weighted by Gasteiger charge is -2.04. The molecule has 0 fully saturated rings. The van der Waals surface area contributed by atoms with E-state index in [0.717, 1.165) is 51.6 Å². The van der Waals surface area contributed by atoms with Gasteiger partial charge in [0.2, 0.25) is 0 Å². The third-order valence-electron chi connectivity index (χ3n) is 4.67. The molecular formula is C22H24N4O2S. The summed E-state index contributed by atoms with van der Waals surface area (Å²) in [6, 6.07) is 14.2. The first-order chi connectivity index (χ1) is 14.1. The van der Waals surface area contributed by atoms with Crippen molar-refractivity contribution < 1.29 is 9.15 Å². The monoisotopic (exact) mass is 408 g/mol. The highest BCUT2D eigenvalue weighted by atomic mass is 32.1. The molecule has 0 saturated carbocycles. The van der Waals surface area contributed by atoms with Crippen LogP contribution < -0.4 is 10.1 Å². The number of furan rings is 1. The van der Waals surface area contributed by atoms with Gasteiger partial charge in [0, 0.05) is 12.7 Å². The standard InChI is InChI=1S/C22H24N4O2S/c1-15-4-7-19(28-15)14-23-22-24-16(2)21(29-22)20-11-13-26(25-20)12-10-17-5-8-18(27-3)9-6-17/h4-9,11,13H,10,12,14H2,1-3H3,(H,23,24). The number of hydrogen-bond acceptors (Lipinski definition) is 6. The Hall–Kier alpha value is -3.06. The van der Waals surface area contributed by atoms with Crippen LogP contribution in [0.2, 0.25) is 0 Å². The first-order valence-electron chi connectivity index (χ1n) is 9.54. The van der Waals surface area contributed by atoms with Crippen molar-refractivity contribution in [3.8, 4) is 16.3 Å². The van der Waals surface area contributed by atoms with Crippen LogP contribution in [-0.4, -0.2) is 21.9 Å². The SMILES string of the molecule is COc1ccc(CCn2ccc(-c3sc(NCc4ccc(C)o4)nc3C)n2)cc1. The van der Waals surface area contributed by atoms with Gasteiger partial charge in [0.05, 0.1) is 24.2 Å². The zero-order valence-electron chi connectivity index (χ0n) is 16.8. The molecule has 0 aliphatic heterocycles. The second-order valence-corrected chi connectivity index (χ2v) is 7.86. The predicted molar refractivity (Wildman–Crippen MR) is 116 cm³/mol. The number of methoxy groups -OCH3 is 1. The first kappa shape index (κ1) is 19.3. The Bertz CT molecular complexity index is 1080. The molecule has 0 aliphatic rings. The van der Waals surface area contributed by atoms with Crippen LogP contribution in [0, 0.1) is 13.8 Å². The lowest BCUT2D eigenvalue weighted by molar-refractivity contribution is 0.414. The van der Waals surface area contributed by atoms with Gasteiger partial charge < -0.3 is 14.5 Å². The molecule has 0 radical (unpaired) electrons. The van der Waals surface area contributed by atoms with E-state index in [1.54, 1.807) is 18.4 Å². The average molecular weight is 409 g/mol. The van der Waals surface area contributed by atoms with Crippen molar-refractivity contribution in [2.24, 2.45) is 0 Å². The minimum Gasteiger partial charge on any atom is -0.497 e. The summed E-state index contributed by atoms with van der Waals surface area (Å²) in [4.78, 5) is 5.72. The number of aryl methyl sites for hydroxylation is 4. The third-order valence-corrected chi connectivity index (χ3v) is 5.81. The summed E-state index contributed by atoms with van der Waals surface area (Å²) in [7, 11) is 1.68. The fraction of sp³-hybridized carbons (Fsp3) is 0.273. The van der Waals surface area contributed by atoms with Crippen LogP contribution in [0.1, 0.15) is 22.8 Å². The Kier molecular flexibility index (Phi) is 5.67. The Balaban J connectivity index is 1.38. The smallest absolute Gasteiger partial charge is 0.183 e. The van der Waals surface area contributed by atoms with E-state index in [9.17, 15) is 0 Å². The van der Waals surface area contributed by atoms with Crippen LogP contribution >= 0.6 is 11.3 Å². The number of anilines is 1. The van der Waals surface area contributed by atoms with Gasteiger partial charge in [0.1, 0.15) is 23.0 Å². The highest BCUT2D eigenvalue weighted by Crippen LogP contribution is 2.31. The summed E-state index contributed by atoms with van der Waals surface area (Å²) < 4.78 is 12.8. The number of rotatable bonds is 8. The molecular weight excluding hydrogens is 384 g/mol. The second-order valence-electron chi connectivity index (χ2n) is 6.86. The van der Waals surface area contributed by atoms with Crippen molar-refractivity contribution in [3.63, 3.8) is 0 Å². The molecule has 29 heavy (non-hydrogen) atoms. The summed E-state index contributed by atoms with van der Waals surface area (Å²) in [6.07, 6.45) is 2.94. The molecule has 1 aromatic carbocycles. The normalized spacial score (nSPS) is 11.0. The van der Waals surface area contributed by atoms with Crippen LogP contribution in [-0.2, 0) is 19.5 Å². The van der Waals surface area contributed by atoms with Crippen molar-refractivity contribution in [2.75, 3.05) is 12.4 Å². The zero-order chi connectivity index (χ0) is 20.2. The molecule has 0 unspecified atom stereocenters. The van der Waals surface area contributed by atoms with Crippen LogP contribution in [0.3, 0.4) is 0 Å². The molecule has 3 heterocycles. The molecule has 1 N–H and O–H groups in total. The number of nitrogens with zero attached hydrogens (tertiary/aromatic N) is 3. The largest absolute Gasteiger partial charge is 0.497 e. The van der Waals surface area contributed by atoms with E-state index in [0.29, 0.717) is 6.54 Å². The summed E-state index contributed by atoms with van der Waals surface area (Å²) in [5.74, 6) is 2.69. The minimum absolute atomic E-state index is 0.622. The molecule has 0 saturated heterocycles. The third kappa shape index (κ3) is 4.68. The van der Waals surface area contributed by atoms with Gasteiger partial charge in [-0.1, -0.05) is 23.5 Å². The highest BCUT2D eigenvalue weighted by molar-refractivity contribution is 7.19. The Morgan fingerprint density at radius 2 is 1.93 bits per heavy atom. The topological polar surface area (TPSA) is 65.1 Å². The predicted octanol–water partition coefficient (Wildman–Crippen LogP) is 5.08. The maximum atomic E-state index is 5.60. The summed E-state index contributed by atoms with van der Waals surface area (Å²) in [5.41, 5.74) is 3.20. The van der Waals surface area contributed by atoms with E-state index < -0.39 is 0 Å². The van der Waals surface area contributed by atoms with Crippen molar-refractivity contribution in [2.45, 2.75) is 33.4 Å². The van der Waals surface area contributed by atoms with E-state index in [-0.39, 0.29) is 0 Å². The van der Waals surface area contributed by atoms with Gasteiger partial charge in [-0.25, -0.2) is 4.98 Å². The number of nitrogens with one attached hydrogen (secondary N) is 1. The van der Waals surface area contributed by atoms with Gasteiger partial charge in [-0.2, -0.15) is 5.10 Å². The van der Waals surface area contributed by atoms with Gasteiger partial charge in [0.25, 0.3) is 0 Å². The van der Waals surface area contributed by atoms with Gasteiger partial charge in [0.15, 0.2) is 5.13 Å². The van der Waals surface area contributed by atoms with E-state index in [2.05, 4.69) is 22.4 Å². The summed E-state index contributed by atoms with van der Waals surface area (Å²) >= 11 is 1.62. The number of aromatic nitrogens is 3. The minimum atomic E-state index is 0.622. The molecule has 7 heteroatoms. The van der Waals surface area contributed by atoms with E-state index in [1.807, 2.05) is 55.1 Å². The molecule has 150 valence electrons. The van der Waals surface area contributed by atoms with Crippen molar-refractivity contribution in [1.82, 2.24) is 14.8 Å². The number of hydrogen-bond donors (Lipinski definition) is 1. The maximum absolute atomic E-state index is 5.60. The maximum Gasteiger partial charge on any atom is 0.183 e. The first-order valence-corrected chi connectivity index (χ1v) is 10.4. The molecule has 4 aromatic rings. The fourth-order valence-electron chi connectivity index (χ4n) is 3.10. The van der Waals surface area contributed by atoms with Crippen molar-refractivity contribution in [3.05, 3.63) is 71.4 Å². The number of thiazole rings is 1. The van der Waals surface area contributed by atoms with Crippen molar-refractivity contribution >= 4 is 16.5 Å². The zero-order valence-corrected chi connectivity index (χ0v) is 17.6. The van der Waals surface area contributed by atoms with Gasteiger partial charge in [-0.15, -0.1) is 0 Å². The lowest BCUT2D eigenvalue weighted by Crippen LogP contribution is -2.02. The molecule has 0 bridgehead atoms. The number of benzene rings is 1. The second kappa shape index (κ2) is 8.53. The van der Waals surface area contributed by atoms with Gasteiger partial charge in [-0.3, -0.25) is 4.68 Å². The van der Waals surface area contributed by atoms with Crippen LogP contribution in [0.5, 0.6) is 5.75 Å². The van der Waals surface area contributed by atoms with E-state index in [4.69, 9.17) is 14.3 Å². The van der Waals surface area contributed by atoms with E-state index >= 15 is 0 Å². The molecule has 4 rings (SSSR count). The Morgan fingerprint density at radius 3 is 2.66 bits per heavy atom. The average Bonchev–Trinajstić information content (AvgIpc) is 3.45. The molecule has 0 atom stereocenters. The quantitative estimate of drug-likeness (QED) is 0.440. The molecule has 0 spiro atoms. The molecule has 6 nitrogen and oxygen atoms in total. The fourth-order valence-corrected chi connectivity index (χ4v) is 4.02. The van der Waals surface area contributed by atoms with Gasteiger partial charge in [-0.05, 0) is 56.2 Å². The molecule has 0 aliphatic carbocycles. The van der Waals surface area contributed by atoms with Crippen molar-refractivity contribution in [1.29, 1.82) is 0 Å². The lowest BCUT2D eigenvalue weighted by atomic mass is 10.1. The number of ether oxygens (including phenoxy) is 1. The Labute approximate surface area is 174 Å². The van der Waals surface area contributed by atoms with Crippen LogP contribution in [0.25, 0.3) is 10.6 Å². The highest BCUT2D eigenvalue weighted by Gasteiger charge is 2.13. The van der Waals surface area contributed by atoms with Crippen LogP contribution in [0.15, 0.2) is 53.1 Å². The summed E-state index contributed by atoms with van der Waals surface area (Å²) in [6.45, 7) is 5.41.